The van der Waals surface area contributed by atoms with Crippen molar-refractivity contribution < 1.29 is 26.3 Å². The molecule has 0 aromatic heterocycles. The van der Waals surface area contributed by atoms with Crippen molar-refractivity contribution in [1.29, 1.82) is 0 Å². The molecule has 1 saturated heterocycles. The Kier molecular flexibility index (Phi) is 5.06. The number of nitrogens with one attached hydrogen (secondary N) is 1. The third-order valence-electron chi connectivity index (χ3n) is 3.42. The number of sulfonamides is 1. The molecule has 0 saturated carbocycles. The molecular formula is C13H15ClF3NO3S. The van der Waals surface area contributed by atoms with Gasteiger partial charge in [0.25, 0.3) is 0 Å². The summed E-state index contributed by atoms with van der Waals surface area (Å²) in [6.45, 7) is 2.17. The average Bonchev–Trinajstić information content (AvgIpc) is 2.90. The SMILES string of the molecule is CC(NS(=O)(=O)c1ccc(Cl)c(C(F)(F)F)c1)C1CCCO1. The van der Waals surface area contributed by atoms with Crippen LogP contribution in [0, 0.1) is 0 Å². The highest BCUT2D eigenvalue weighted by Gasteiger charge is 2.35. The van der Waals surface area contributed by atoms with Gasteiger partial charge in [-0.05, 0) is 38.0 Å². The number of ether oxygens (including phenoxy) is 1. The Labute approximate surface area is 131 Å². The van der Waals surface area contributed by atoms with Crippen LogP contribution in [-0.2, 0) is 20.9 Å². The maximum absolute atomic E-state index is 12.8. The van der Waals surface area contributed by atoms with Crippen molar-refractivity contribution in [2.75, 3.05) is 6.61 Å². The van der Waals surface area contributed by atoms with E-state index in [1.165, 1.54) is 0 Å². The minimum atomic E-state index is -4.72. The lowest BCUT2D eigenvalue weighted by molar-refractivity contribution is -0.137. The number of hydrogen-bond donors (Lipinski definition) is 1. The molecule has 9 heteroatoms. The third kappa shape index (κ3) is 3.92. The minimum Gasteiger partial charge on any atom is -0.377 e. The molecule has 1 N–H and O–H groups in total. The molecule has 1 fully saturated rings. The van der Waals surface area contributed by atoms with Gasteiger partial charge in [-0.2, -0.15) is 13.2 Å². The number of alkyl halides is 3. The Morgan fingerprint density at radius 3 is 2.64 bits per heavy atom. The van der Waals surface area contributed by atoms with Gasteiger partial charge in [0, 0.05) is 12.6 Å². The third-order valence-corrected chi connectivity index (χ3v) is 5.30. The predicted molar refractivity (Wildman–Crippen MR) is 75.2 cm³/mol. The van der Waals surface area contributed by atoms with E-state index in [0.717, 1.165) is 18.6 Å². The summed E-state index contributed by atoms with van der Waals surface area (Å²) >= 11 is 5.49. The van der Waals surface area contributed by atoms with E-state index < -0.39 is 37.7 Å². The van der Waals surface area contributed by atoms with Gasteiger partial charge in [0.1, 0.15) is 0 Å². The van der Waals surface area contributed by atoms with Crippen molar-refractivity contribution in [3.05, 3.63) is 28.8 Å². The van der Waals surface area contributed by atoms with Gasteiger partial charge in [0.05, 0.1) is 21.6 Å². The van der Waals surface area contributed by atoms with Crippen LogP contribution in [-0.4, -0.2) is 27.2 Å². The molecule has 0 bridgehead atoms. The Bertz CT molecular complexity index is 642. The number of hydrogen-bond acceptors (Lipinski definition) is 3. The summed E-state index contributed by atoms with van der Waals surface area (Å²) in [7, 11) is -4.09. The molecule has 0 aliphatic carbocycles. The van der Waals surface area contributed by atoms with Crippen LogP contribution in [0.15, 0.2) is 23.1 Å². The molecule has 22 heavy (non-hydrogen) atoms. The maximum Gasteiger partial charge on any atom is 0.417 e. The summed E-state index contributed by atoms with van der Waals surface area (Å²) in [5.74, 6) is 0. The molecule has 1 aromatic rings. The van der Waals surface area contributed by atoms with Crippen molar-refractivity contribution in [2.24, 2.45) is 0 Å². The van der Waals surface area contributed by atoms with Gasteiger partial charge < -0.3 is 4.74 Å². The van der Waals surface area contributed by atoms with Gasteiger partial charge in [0.15, 0.2) is 0 Å². The van der Waals surface area contributed by atoms with Crippen molar-refractivity contribution in [3.8, 4) is 0 Å². The fourth-order valence-electron chi connectivity index (χ4n) is 2.27. The van der Waals surface area contributed by atoms with Crippen LogP contribution in [0.2, 0.25) is 5.02 Å². The monoisotopic (exact) mass is 357 g/mol. The molecule has 2 unspecified atom stereocenters. The molecule has 1 heterocycles. The standard InChI is InChI=1S/C13H15ClF3NO3S/c1-8(12-3-2-6-21-12)18-22(19,20)9-4-5-11(14)10(7-9)13(15,16)17/h4-5,7-8,12,18H,2-3,6H2,1H3. The molecule has 1 aliphatic rings. The Hall–Kier alpha value is -0.830. The first-order chi connectivity index (χ1) is 10.1. The summed E-state index contributed by atoms with van der Waals surface area (Å²) < 4.78 is 70.6. The normalized spacial score (nSPS) is 21.0. The quantitative estimate of drug-likeness (QED) is 0.900. The van der Waals surface area contributed by atoms with Crippen LogP contribution in [0.3, 0.4) is 0 Å². The van der Waals surface area contributed by atoms with E-state index in [2.05, 4.69) is 4.72 Å². The molecule has 4 nitrogen and oxygen atoms in total. The molecule has 0 amide bonds. The molecule has 124 valence electrons. The second-order valence-electron chi connectivity index (χ2n) is 5.10. The Balaban J connectivity index is 2.26. The van der Waals surface area contributed by atoms with Crippen molar-refractivity contribution >= 4 is 21.6 Å². The van der Waals surface area contributed by atoms with Crippen LogP contribution < -0.4 is 4.72 Å². The first-order valence-corrected chi connectivity index (χ1v) is 8.48. The largest absolute Gasteiger partial charge is 0.417 e. The summed E-state index contributed by atoms with van der Waals surface area (Å²) in [4.78, 5) is -0.478. The fraction of sp³-hybridized carbons (Fsp3) is 0.538. The van der Waals surface area contributed by atoms with Crippen LogP contribution >= 0.6 is 11.6 Å². The smallest absolute Gasteiger partial charge is 0.377 e. The van der Waals surface area contributed by atoms with E-state index in [4.69, 9.17) is 16.3 Å². The van der Waals surface area contributed by atoms with Crippen LogP contribution in [0.5, 0.6) is 0 Å². The highest BCUT2D eigenvalue weighted by atomic mass is 35.5. The molecule has 1 aromatic carbocycles. The van der Waals surface area contributed by atoms with Crippen molar-refractivity contribution in [3.63, 3.8) is 0 Å². The Morgan fingerprint density at radius 1 is 1.41 bits per heavy atom. The lowest BCUT2D eigenvalue weighted by Crippen LogP contribution is -2.40. The molecule has 1 aliphatic heterocycles. The van der Waals surface area contributed by atoms with E-state index in [1.54, 1.807) is 6.92 Å². The minimum absolute atomic E-state index is 0.274. The molecule has 0 spiro atoms. The summed E-state index contributed by atoms with van der Waals surface area (Å²) in [5.41, 5.74) is -1.18. The van der Waals surface area contributed by atoms with Crippen LogP contribution in [0.1, 0.15) is 25.3 Å². The van der Waals surface area contributed by atoms with Crippen LogP contribution in [0.25, 0.3) is 0 Å². The van der Waals surface area contributed by atoms with Gasteiger partial charge in [-0.25, -0.2) is 13.1 Å². The van der Waals surface area contributed by atoms with Crippen molar-refractivity contribution in [2.45, 2.75) is 43.0 Å². The average molecular weight is 358 g/mol. The second-order valence-corrected chi connectivity index (χ2v) is 7.22. The van der Waals surface area contributed by atoms with Crippen LogP contribution in [0.4, 0.5) is 13.2 Å². The summed E-state index contributed by atoms with van der Waals surface area (Å²) in [6, 6.07) is 1.97. The Morgan fingerprint density at radius 2 is 2.09 bits per heavy atom. The zero-order valence-electron chi connectivity index (χ0n) is 11.7. The van der Waals surface area contributed by atoms with Gasteiger partial charge in [-0.15, -0.1) is 0 Å². The van der Waals surface area contributed by atoms with Gasteiger partial charge in [-0.1, -0.05) is 11.6 Å². The first-order valence-electron chi connectivity index (χ1n) is 6.62. The van der Waals surface area contributed by atoms with Gasteiger partial charge >= 0.3 is 6.18 Å². The topological polar surface area (TPSA) is 55.4 Å². The molecule has 0 radical (unpaired) electrons. The summed E-state index contributed by atoms with van der Waals surface area (Å²) in [5, 5.41) is -0.543. The fourth-order valence-corrected chi connectivity index (χ4v) is 3.80. The first kappa shape index (κ1) is 17.5. The van der Waals surface area contributed by atoms with E-state index in [-0.39, 0.29) is 6.10 Å². The maximum atomic E-state index is 12.8. The highest BCUT2D eigenvalue weighted by molar-refractivity contribution is 7.89. The highest BCUT2D eigenvalue weighted by Crippen LogP contribution is 2.36. The van der Waals surface area contributed by atoms with E-state index in [9.17, 15) is 21.6 Å². The van der Waals surface area contributed by atoms with Gasteiger partial charge in [0.2, 0.25) is 10.0 Å². The van der Waals surface area contributed by atoms with Gasteiger partial charge in [-0.3, -0.25) is 0 Å². The second kappa shape index (κ2) is 6.35. The lowest BCUT2D eigenvalue weighted by atomic mass is 10.1. The lowest BCUT2D eigenvalue weighted by Gasteiger charge is -2.20. The molecule has 2 atom stereocenters. The molecular weight excluding hydrogens is 343 g/mol. The zero-order valence-corrected chi connectivity index (χ0v) is 13.2. The van der Waals surface area contributed by atoms with E-state index in [0.29, 0.717) is 19.1 Å². The number of rotatable bonds is 4. The van der Waals surface area contributed by atoms with E-state index in [1.807, 2.05) is 0 Å². The number of benzene rings is 1. The predicted octanol–water partition coefficient (Wildman–Crippen LogP) is 3.20. The zero-order chi connectivity index (χ0) is 16.5. The summed E-state index contributed by atoms with van der Waals surface area (Å²) in [6.07, 6.45) is -3.46. The van der Waals surface area contributed by atoms with Crippen molar-refractivity contribution in [1.82, 2.24) is 4.72 Å². The number of halogens is 4. The molecule has 2 rings (SSSR count). The van der Waals surface area contributed by atoms with E-state index >= 15 is 0 Å².